The zero-order chi connectivity index (χ0) is 14.0. The first kappa shape index (κ1) is 14.4. The van der Waals surface area contributed by atoms with Crippen molar-refractivity contribution in [3.05, 3.63) is 35.4 Å². The van der Waals surface area contributed by atoms with Crippen LogP contribution in [0.1, 0.15) is 38.4 Å². The lowest BCUT2D eigenvalue weighted by Crippen LogP contribution is -2.29. The summed E-state index contributed by atoms with van der Waals surface area (Å²) < 4.78 is 26.2. The van der Waals surface area contributed by atoms with Crippen molar-refractivity contribution in [1.29, 1.82) is 0 Å². The molecule has 2 rings (SSSR count). The number of halogens is 2. The summed E-state index contributed by atoms with van der Waals surface area (Å²) in [5.41, 5.74) is 0.317. The minimum atomic E-state index is -0.812. The van der Waals surface area contributed by atoms with Crippen molar-refractivity contribution < 1.29 is 13.9 Å². The smallest absolute Gasteiger partial charge is 0.126 e. The molecule has 1 fully saturated rings. The van der Waals surface area contributed by atoms with Crippen LogP contribution in [0.4, 0.5) is 8.78 Å². The molecule has 1 heterocycles. The van der Waals surface area contributed by atoms with E-state index in [0.29, 0.717) is 23.9 Å². The van der Waals surface area contributed by atoms with E-state index in [2.05, 4.69) is 18.7 Å². The Hall–Kier alpha value is -1.00. The first-order chi connectivity index (χ1) is 8.95. The van der Waals surface area contributed by atoms with E-state index < -0.39 is 17.7 Å². The molecule has 2 nitrogen and oxygen atoms in total. The number of hydrogen-bond donors (Lipinski definition) is 1. The van der Waals surface area contributed by atoms with Gasteiger partial charge in [-0.1, -0.05) is 6.92 Å². The van der Waals surface area contributed by atoms with Crippen molar-refractivity contribution in [2.75, 3.05) is 13.1 Å². The highest BCUT2D eigenvalue weighted by Crippen LogP contribution is 2.25. The van der Waals surface area contributed by atoms with Crippen LogP contribution in [-0.2, 0) is 0 Å². The summed E-state index contributed by atoms with van der Waals surface area (Å²) in [4.78, 5) is 2.32. The van der Waals surface area contributed by atoms with Crippen molar-refractivity contribution in [3.8, 4) is 0 Å². The van der Waals surface area contributed by atoms with Crippen LogP contribution in [0, 0.1) is 17.6 Å². The van der Waals surface area contributed by atoms with Crippen LogP contribution >= 0.6 is 0 Å². The van der Waals surface area contributed by atoms with E-state index in [4.69, 9.17) is 0 Å². The van der Waals surface area contributed by atoms with E-state index in [0.717, 1.165) is 19.2 Å². The molecule has 0 aromatic heterocycles. The van der Waals surface area contributed by atoms with Gasteiger partial charge in [-0.25, -0.2) is 8.78 Å². The lowest BCUT2D eigenvalue weighted by Gasteiger charge is -2.22. The third-order valence-electron chi connectivity index (χ3n) is 3.87. The van der Waals surface area contributed by atoms with Crippen LogP contribution < -0.4 is 0 Å². The highest BCUT2D eigenvalue weighted by molar-refractivity contribution is 5.20. The summed E-state index contributed by atoms with van der Waals surface area (Å²) in [6, 6.07) is 3.74. The Bertz CT molecular complexity index is 418. The van der Waals surface area contributed by atoms with Crippen molar-refractivity contribution >= 4 is 0 Å². The van der Waals surface area contributed by atoms with Gasteiger partial charge >= 0.3 is 0 Å². The third kappa shape index (κ3) is 3.74. The van der Waals surface area contributed by atoms with Crippen molar-refractivity contribution in [1.82, 2.24) is 4.90 Å². The van der Waals surface area contributed by atoms with Gasteiger partial charge in [0.2, 0.25) is 0 Å². The number of hydrogen-bond acceptors (Lipinski definition) is 2. The molecule has 1 aliphatic heterocycles. The minimum absolute atomic E-state index is 0.317. The zero-order valence-electron chi connectivity index (χ0n) is 11.4. The lowest BCUT2D eigenvalue weighted by molar-refractivity contribution is 0.139. The van der Waals surface area contributed by atoms with Crippen molar-refractivity contribution in [2.24, 2.45) is 5.92 Å². The van der Waals surface area contributed by atoms with E-state index >= 15 is 0 Å². The van der Waals surface area contributed by atoms with Gasteiger partial charge in [-0.05, 0) is 43.4 Å². The average Bonchev–Trinajstić information content (AvgIpc) is 2.63. The maximum atomic E-state index is 13.1. The molecule has 1 aromatic carbocycles. The second-order valence-electron chi connectivity index (χ2n) is 5.69. The Labute approximate surface area is 113 Å². The summed E-state index contributed by atoms with van der Waals surface area (Å²) in [6.07, 6.45) is 0.860. The molecule has 1 saturated heterocycles. The summed E-state index contributed by atoms with van der Waals surface area (Å²) in [5, 5.41) is 10.0. The van der Waals surface area contributed by atoms with Gasteiger partial charge in [0, 0.05) is 25.2 Å². The van der Waals surface area contributed by atoms with Gasteiger partial charge < -0.3 is 10.0 Å². The molecule has 0 saturated carbocycles. The van der Waals surface area contributed by atoms with Gasteiger partial charge in [0.1, 0.15) is 11.6 Å². The molecule has 1 aliphatic rings. The maximum absolute atomic E-state index is 13.1. The van der Waals surface area contributed by atoms with E-state index in [1.807, 2.05) is 0 Å². The average molecular weight is 269 g/mol. The molecule has 0 amide bonds. The minimum Gasteiger partial charge on any atom is -0.388 e. The normalized spacial score (nSPS) is 25.7. The van der Waals surface area contributed by atoms with Crippen molar-refractivity contribution in [2.45, 2.75) is 38.8 Å². The molecule has 0 bridgehead atoms. The highest BCUT2D eigenvalue weighted by Gasteiger charge is 2.26. The predicted octanol–water partition coefficient (Wildman–Crippen LogP) is 3.12. The SMILES string of the molecule is CC1CC(C)N(CCC(O)c2cc(F)cc(F)c2)C1. The fourth-order valence-electron chi connectivity index (χ4n) is 2.92. The first-order valence-electron chi connectivity index (χ1n) is 6.84. The van der Waals surface area contributed by atoms with Crippen LogP contribution in [0.25, 0.3) is 0 Å². The molecule has 1 N–H and O–H groups in total. The molecule has 3 atom stereocenters. The Balaban J connectivity index is 1.92. The zero-order valence-corrected chi connectivity index (χ0v) is 11.4. The first-order valence-corrected chi connectivity index (χ1v) is 6.84. The fourth-order valence-corrected chi connectivity index (χ4v) is 2.92. The summed E-state index contributed by atoms with van der Waals surface area (Å²) >= 11 is 0. The number of rotatable bonds is 4. The number of nitrogens with zero attached hydrogens (tertiary/aromatic N) is 1. The van der Waals surface area contributed by atoms with Gasteiger partial charge in [-0.3, -0.25) is 0 Å². The van der Waals surface area contributed by atoms with Gasteiger partial charge in [0.15, 0.2) is 0 Å². The summed E-state index contributed by atoms with van der Waals surface area (Å²) in [5.74, 6) is -0.604. The number of aliphatic hydroxyl groups excluding tert-OH is 1. The second kappa shape index (κ2) is 5.97. The van der Waals surface area contributed by atoms with E-state index in [1.54, 1.807) is 0 Å². The number of likely N-dealkylation sites (tertiary alicyclic amines) is 1. The van der Waals surface area contributed by atoms with Crippen LogP contribution in [0.5, 0.6) is 0 Å². The number of aliphatic hydroxyl groups is 1. The van der Waals surface area contributed by atoms with Crippen LogP contribution in [-0.4, -0.2) is 29.1 Å². The third-order valence-corrected chi connectivity index (χ3v) is 3.87. The van der Waals surface area contributed by atoms with E-state index in [-0.39, 0.29) is 0 Å². The highest BCUT2D eigenvalue weighted by atomic mass is 19.1. The molecular formula is C15H21F2NO. The van der Waals surface area contributed by atoms with Gasteiger partial charge in [0.05, 0.1) is 6.10 Å². The van der Waals surface area contributed by atoms with Crippen LogP contribution in [0.15, 0.2) is 18.2 Å². The van der Waals surface area contributed by atoms with Gasteiger partial charge in [0.25, 0.3) is 0 Å². The Morgan fingerprint density at radius 2 is 1.89 bits per heavy atom. The second-order valence-corrected chi connectivity index (χ2v) is 5.69. The Morgan fingerprint density at radius 1 is 1.26 bits per heavy atom. The number of benzene rings is 1. The van der Waals surface area contributed by atoms with Crippen molar-refractivity contribution in [3.63, 3.8) is 0 Å². The van der Waals surface area contributed by atoms with Gasteiger partial charge in [-0.2, -0.15) is 0 Å². The Kier molecular flexibility index (Phi) is 4.53. The molecule has 0 radical (unpaired) electrons. The lowest BCUT2D eigenvalue weighted by atomic mass is 10.1. The quantitative estimate of drug-likeness (QED) is 0.908. The van der Waals surface area contributed by atoms with E-state index in [9.17, 15) is 13.9 Å². The molecule has 4 heteroatoms. The molecule has 0 aliphatic carbocycles. The van der Waals surface area contributed by atoms with Gasteiger partial charge in [-0.15, -0.1) is 0 Å². The fraction of sp³-hybridized carbons (Fsp3) is 0.600. The largest absolute Gasteiger partial charge is 0.388 e. The molecular weight excluding hydrogens is 248 g/mol. The predicted molar refractivity (Wildman–Crippen MR) is 70.8 cm³/mol. The molecule has 3 unspecified atom stereocenters. The molecule has 106 valence electrons. The van der Waals surface area contributed by atoms with E-state index in [1.165, 1.54) is 18.6 Å². The van der Waals surface area contributed by atoms with Crippen LogP contribution in [0.2, 0.25) is 0 Å². The van der Waals surface area contributed by atoms with Crippen LogP contribution in [0.3, 0.4) is 0 Å². The topological polar surface area (TPSA) is 23.5 Å². The molecule has 19 heavy (non-hydrogen) atoms. The maximum Gasteiger partial charge on any atom is 0.126 e. The standard InChI is InChI=1S/C15H21F2NO/c1-10-5-11(2)18(9-10)4-3-15(19)12-6-13(16)8-14(17)7-12/h6-8,10-11,15,19H,3-5,9H2,1-2H3. The summed E-state index contributed by atoms with van der Waals surface area (Å²) in [7, 11) is 0. The molecule has 0 spiro atoms. The molecule has 1 aromatic rings. The summed E-state index contributed by atoms with van der Waals surface area (Å²) in [6.45, 7) is 6.18. The Morgan fingerprint density at radius 3 is 2.42 bits per heavy atom. The monoisotopic (exact) mass is 269 g/mol.